The van der Waals surface area contributed by atoms with Crippen LogP contribution in [0.25, 0.3) is 0 Å². The largest absolute Gasteiger partial charge is 0.466 e. The van der Waals surface area contributed by atoms with Crippen molar-refractivity contribution in [2.45, 2.75) is 49.4 Å². The smallest absolute Gasteiger partial charge is 0.330 e. The van der Waals surface area contributed by atoms with Gasteiger partial charge in [0.15, 0.2) is 15.2 Å². The summed E-state index contributed by atoms with van der Waals surface area (Å²) >= 11 is 0. The maximum atomic E-state index is 12.9. The molecule has 2 rings (SSSR count). The molecule has 2 aliphatic heterocycles. The molecule has 10 nitrogen and oxygen atoms in total. The van der Waals surface area contributed by atoms with E-state index in [1.807, 2.05) is 0 Å². The van der Waals surface area contributed by atoms with E-state index < -0.39 is 62.2 Å². The maximum absolute atomic E-state index is 12.9. The normalized spacial score (nSPS) is 27.1. The third-order valence-electron chi connectivity index (χ3n) is 4.56. The van der Waals surface area contributed by atoms with Crippen molar-refractivity contribution < 1.29 is 37.1 Å². The summed E-state index contributed by atoms with van der Waals surface area (Å²) in [6, 6.07) is -2.70. The highest BCUT2D eigenvalue weighted by Gasteiger charge is 2.72. The minimum absolute atomic E-state index is 0.0853. The Bertz CT molecular complexity index is 788. The topological polar surface area (TPSA) is 136 Å². The zero-order valence-electron chi connectivity index (χ0n) is 15.3. The van der Waals surface area contributed by atoms with Gasteiger partial charge in [-0.15, -0.1) is 0 Å². The molecule has 0 spiro atoms. The number of hydrogen-bond donors (Lipinski definition) is 1. The van der Waals surface area contributed by atoms with Crippen LogP contribution in [0.15, 0.2) is 12.7 Å². The molecule has 0 radical (unpaired) electrons. The van der Waals surface area contributed by atoms with Crippen molar-refractivity contribution in [3.63, 3.8) is 0 Å². The van der Waals surface area contributed by atoms with Crippen molar-refractivity contribution in [2.24, 2.45) is 0 Å². The van der Waals surface area contributed by atoms with Gasteiger partial charge in [-0.25, -0.2) is 13.2 Å². The number of ether oxygens (including phenoxy) is 2. The lowest BCUT2D eigenvalue weighted by molar-refractivity contribution is -0.164. The first-order valence-electron chi connectivity index (χ1n) is 8.28. The molecule has 27 heavy (non-hydrogen) atoms. The number of carbonyl (C=O) groups excluding carboxylic acids is 4. The fourth-order valence-electron chi connectivity index (χ4n) is 3.21. The lowest BCUT2D eigenvalue weighted by Crippen LogP contribution is -2.72. The van der Waals surface area contributed by atoms with Gasteiger partial charge in [0.1, 0.15) is 29.9 Å². The van der Waals surface area contributed by atoms with Gasteiger partial charge in [0.25, 0.3) is 0 Å². The van der Waals surface area contributed by atoms with Gasteiger partial charge in [-0.05, 0) is 20.8 Å². The summed E-state index contributed by atoms with van der Waals surface area (Å²) in [7, 11) is -4.00. The van der Waals surface area contributed by atoms with Crippen molar-refractivity contribution >= 4 is 33.6 Å². The molecule has 11 heteroatoms. The lowest BCUT2D eigenvalue weighted by Gasteiger charge is -2.42. The number of esters is 2. The first-order valence-corrected chi connectivity index (χ1v) is 9.83. The molecule has 150 valence electrons. The van der Waals surface area contributed by atoms with E-state index in [4.69, 9.17) is 4.74 Å². The van der Waals surface area contributed by atoms with Gasteiger partial charge in [0, 0.05) is 0 Å². The molecular weight excluding hydrogens is 380 g/mol. The zero-order chi connectivity index (χ0) is 20.6. The first kappa shape index (κ1) is 20.9. The van der Waals surface area contributed by atoms with Gasteiger partial charge in [-0.3, -0.25) is 14.4 Å². The van der Waals surface area contributed by atoms with Crippen molar-refractivity contribution in [2.75, 3.05) is 13.2 Å². The predicted octanol–water partition coefficient (Wildman–Crippen LogP) is -1.10. The standard InChI is InChI=1S/C16H22N2O8S/c1-5-7-26-15(22)12-16(3,4)27(23,24)14-11(13(21)18(12)14)17-9(19)8-10(20)25-6-2/h5,11-12,14H,1,6-8H2,2-4H3,(H,17,19)/t11-,12?,14-/m1/s1. The van der Waals surface area contributed by atoms with E-state index in [0.29, 0.717) is 0 Å². The van der Waals surface area contributed by atoms with Crippen molar-refractivity contribution in [1.29, 1.82) is 0 Å². The van der Waals surface area contributed by atoms with E-state index in [1.165, 1.54) is 19.9 Å². The van der Waals surface area contributed by atoms with Gasteiger partial charge in [-0.2, -0.15) is 0 Å². The molecular formula is C16H22N2O8S. The fourth-order valence-corrected chi connectivity index (χ4v) is 5.42. The zero-order valence-corrected chi connectivity index (χ0v) is 16.1. The summed E-state index contributed by atoms with van der Waals surface area (Å²) in [4.78, 5) is 49.0. The number of rotatable bonds is 7. The number of sulfone groups is 1. The first-order chi connectivity index (χ1) is 12.5. The average Bonchev–Trinajstić information content (AvgIpc) is 2.71. The lowest BCUT2D eigenvalue weighted by atomic mass is 9.96. The van der Waals surface area contributed by atoms with E-state index in [-0.39, 0.29) is 13.2 Å². The minimum Gasteiger partial charge on any atom is -0.466 e. The Kier molecular flexibility index (Phi) is 5.64. The van der Waals surface area contributed by atoms with Crippen molar-refractivity contribution in [3.05, 3.63) is 12.7 Å². The second-order valence-corrected chi connectivity index (χ2v) is 9.26. The Morgan fingerprint density at radius 2 is 1.93 bits per heavy atom. The number of β-lactam (4-membered cyclic amide) rings is 1. The number of nitrogens with one attached hydrogen (secondary N) is 1. The molecule has 0 bridgehead atoms. The van der Waals surface area contributed by atoms with Crippen LogP contribution in [-0.4, -0.2) is 72.5 Å². The second-order valence-electron chi connectivity index (χ2n) is 6.63. The minimum atomic E-state index is -4.00. The molecule has 0 aromatic heterocycles. The molecule has 2 aliphatic rings. The van der Waals surface area contributed by atoms with Gasteiger partial charge < -0.3 is 19.7 Å². The highest BCUT2D eigenvalue weighted by Crippen LogP contribution is 2.46. The summed E-state index contributed by atoms with van der Waals surface area (Å²) in [6.45, 7) is 7.59. The van der Waals surface area contributed by atoms with E-state index in [9.17, 15) is 27.6 Å². The predicted molar refractivity (Wildman–Crippen MR) is 91.8 cm³/mol. The molecule has 2 amide bonds. The maximum Gasteiger partial charge on any atom is 0.330 e. The third-order valence-corrected chi connectivity index (χ3v) is 7.39. The SMILES string of the molecule is C=CCOC(=O)C1N2C(=O)[C@@H](NC(=O)CC(=O)OCC)[C@H]2S(=O)(=O)C1(C)C. The molecule has 1 N–H and O–H groups in total. The Morgan fingerprint density at radius 3 is 2.48 bits per heavy atom. The van der Waals surface area contributed by atoms with E-state index in [1.54, 1.807) is 6.92 Å². The number of amides is 2. The molecule has 2 fully saturated rings. The van der Waals surface area contributed by atoms with E-state index in [0.717, 1.165) is 4.90 Å². The van der Waals surface area contributed by atoms with Gasteiger partial charge in [-0.1, -0.05) is 12.7 Å². The van der Waals surface area contributed by atoms with Crippen LogP contribution in [0.1, 0.15) is 27.2 Å². The van der Waals surface area contributed by atoms with Crippen LogP contribution in [0.4, 0.5) is 0 Å². The van der Waals surface area contributed by atoms with Crippen LogP contribution in [-0.2, 0) is 38.5 Å². The van der Waals surface area contributed by atoms with E-state index >= 15 is 0 Å². The highest BCUT2D eigenvalue weighted by atomic mass is 32.2. The summed E-state index contributed by atoms with van der Waals surface area (Å²) in [5.41, 5.74) is 0. The van der Waals surface area contributed by atoms with Crippen LogP contribution < -0.4 is 5.32 Å². The highest BCUT2D eigenvalue weighted by molar-refractivity contribution is 7.94. The Balaban J connectivity index is 2.21. The molecule has 2 saturated heterocycles. The second kappa shape index (κ2) is 7.29. The van der Waals surface area contributed by atoms with Gasteiger partial charge >= 0.3 is 11.9 Å². The molecule has 0 aliphatic carbocycles. The summed E-state index contributed by atoms with van der Waals surface area (Å²) in [5.74, 6) is -3.22. The number of carbonyl (C=O) groups is 4. The van der Waals surface area contributed by atoms with Gasteiger partial charge in [0.05, 0.1) is 6.61 Å². The number of fused-ring (bicyclic) bond motifs is 1. The fraction of sp³-hybridized carbons (Fsp3) is 0.625. The summed E-state index contributed by atoms with van der Waals surface area (Å²) < 4.78 is 33.7. The van der Waals surface area contributed by atoms with Crippen LogP contribution in [0.5, 0.6) is 0 Å². The molecule has 0 saturated carbocycles. The van der Waals surface area contributed by atoms with Crippen LogP contribution in [0.3, 0.4) is 0 Å². The van der Waals surface area contributed by atoms with Crippen molar-refractivity contribution in [1.82, 2.24) is 10.2 Å². The monoisotopic (exact) mass is 402 g/mol. The molecule has 1 unspecified atom stereocenters. The van der Waals surface area contributed by atoms with Gasteiger partial charge in [0.2, 0.25) is 11.8 Å². The van der Waals surface area contributed by atoms with E-state index in [2.05, 4.69) is 16.6 Å². The quantitative estimate of drug-likeness (QED) is 0.245. The molecule has 0 aromatic carbocycles. The molecule has 0 aromatic rings. The number of hydrogen-bond acceptors (Lipinski definition) is 8. The Morgan fingerprint density at radius 1 is 1.30 bits per heavy atom. The Labute approximate surface area is 156 Å². The average molecular weight is 402 g/mol. The summed E-state index contributed by atoms with van der Waals surface area (Å²) in [6.07, 6.45) is 0.681. The van der Waals surface area contributed by atoms with Crippen molar-refractivity contribution in [3.8, 4) is 0 Å². The molecule has 2 heterocycles. The molecule has 3 atom stereocenters. The summed E-state index contributed by atoms with van der Waals surface area (Å²) in [5, 5.41) is 0.849. The Hall–Kier alpha value is -2.43. The third kappa shape index (κ3) is 3.31. The van der Waals surface area contributed by atoms with Crippen LogP contribution in [0, 0.1) is 0 Å². The van der Waals surface area contributed by atoms with Crippen LogP contribution >= 0.6 is 0 Å². The number of nitrogens with zero attached hydrogens (tertiary/aromatic N) is 1. The van der Waals surface area contributed by atoms with Crippen LogP contribution in [0.2, 0.25) is 0 Å².